The highest BCUT2D eigenvalue weighted by atomic mass is 16.3. The summed E-state index contributed by atoms with van der Waals surface area (Å²) in [5.74, 6) is 0.0358. The number of hydrogen-bond acceptors (Lipinski definition) is 5. The van der Waals surface area contributed by atoms with E-state index in [-0.39, 0.29) is 12.0 Å². The van der Waals surface area contributed by atoms with Gasteiger partial charge in [0.15, 0.2) is 0 Å². The molecule has 0 unspecified atom stereocenters. The van der Waals surface area contributed by atoms with Gasteiger partial charge in [-0.1, -0.05) is 18.2 Å². The quantitative estimate of drug-likeness (QED) is 0.779. The van der Waals surface area contributed by atoms with Gasteiger partial charge in [0.05, 0.1) is 6.10 Å². The molecule has 0 saturated carbocycles. The van der Waals surface area contributed by atoms with E-state index in [0.717, 1.165) is 64.2 Å². The summed E-state index contributed by atoms with van der Waals surface area (Å²) in [5.41, 5.74) is 3.27. The predicted octanol–water partition coefficient (Wildman–Crippen LogP) is 3.07. The Balaban J connectivity index is 1.11. The number of rotatable bonds is 4. The first kappa shape index (κ1) is 22.2. The van der Waals surface area contributed by atoms with Crippen LogP contribution in [0, 0.1) is 0 Å². The molecule has 5 rings (SSSR count). The molecule has 1 atom stereocenters. The summed E-state index contributed by atoms with van der Waals surface area (Å²) in [7, 11) is 0. The Bertz CT molecular complexity index is 903. The van der Waals surface area contributed by atoms with Crippen LogP contribution in [-0.4, -0.2) is 85.3 Å². The van der Waals surface area contributed by atoms with Crippen LogP contribution in [0.15, 0.2) is 54.6 Å². The fourth-order valence-corrected chi connectivity index (χ4v) is 5.61. The zero-order valence-electron chi connectivity index (χ0n) is 19.5. The molecule has 0 radical (unpaired) electrons. The van der Waals surface area contributed by atoms with E-state index in [0.29, 0.717) is 12.6 Å². The van der Waals surface area contributed by atoms with Crippen LogP contribution in [-0.2, 0) is 0 Å². The predicted molar refractivity (Wildman–Crippen MR) is 133 cm³/mol. The lowest BCUT2D eigenvalue weighted by atomic mass is 10.0. The Morgan fingerprint density at radius 2 is 1.36 bits per heavy atom. The van der Waals surface area contributed by atoms with Crippen LogP contribution in [0.25, 0.3) is 0 Å². The summed E-state index contributed by atoms with van der Waals surface area (Å²) >= 11 is 0. The Kier molecular flexibility index (Phi) is 6.83. The zero-order valence-corrected chi connectivity index (χ0v) is 19.5. The number of carbonyl (C=O) groups is 1. The molecule has 2 aromatic rings. The number of amides is 1. The van der Waals surface area contributed by atoms with Crippen LogP contribution in [0.2, 0.25) is 0 Å². The van der Waals surface area contributed by atoms with Gasteiger partial charge in [0, 0.05) is 75.3 Å². The fraction of sp³-hybridized carbons (Fsp3) is 0.519. The third-order valence-electron chi connectivity index (χ3n) is 7.58. The minimum atomic E-state index is -0.385. The number of benzene rings is 2. The number of para-hydroxylation sites is 1. The van der Waals surface area contributed by atoms with Crippen molar-refractivity contribution in [2.24, 2.45) is 0 Å². The van der Waals surface area contributed by atoms with Crippen LogP contribution in [0.3, 0.4) is 0 Å². The first-order valence-electron chi connectivity index (χ1n) is 12.5. The maximum absolute atomic E-state index is 12.8. The fourth-order valence-electron chi connectivity index (χ4n) is 5.61. The Morgan fingerprint density at radius 1 is 0.727 bits per heavy atom. The molecule has 6 nitrogen and oxygen atoms in total. The molecule has 6 heteroatoms. The third-order valence-corrected chi connectivity index (χ3v) is 7.58. The SMILES string of the molecule is O=C(c1ccc(N2CCC(N3CCN(c4ccccc4)CC3)CC2)cc1)N1CCC[C@@H](O)C1. The molecule has 0 spiro atoms. The minimum Gasteiger partial charge on any atom is -0.391 e. The number of anilines is 2. The first-order chi connectivity index (χ1) is 16.2. The normalized spacial score (nSPS) is 23.1. The Labute approximate surface area is 197 Å². The van der Waals surface area contributed by atoms with Gasteiger partial charge in [0.1, 0.15) is 0 Å². The van der Waals surface area contributed by atoms with Gasteiger partial charge in [-0.15, -0.1) is 0 Å². The number of nitrogens with zero attached hydrogens (tertiary/aromatic N) is 4. The number of hydrogen-bond donors (Lipinski definition) is 1. The second kappa shape index (κ2) is 10.1. The molecule has 3 saturated heterocycles. The summed E-state index contributed by atoms with van der Waals surface area (Å²) in [5, 5.41) is 9.86. The number of likely N-dealkylation sites (tertiary alicyclic amines) is 1. The van der Waals surface area contributed by atoms with Crippen LogP contribution in [0.5, 0.6) is 0 Å². The van der Waals surface area contributed by atoms with E-state index in [2.05, 4.69) is 57.2 Å². The van der Waals surface area contributed by atoms with Gasteiger partial charge >= 0.3 is 0 Å². The summed E-state index contributed by atoms with van der Waals surface area (Å²) in [4.78, 5) is 22.2. The average Bonchev–Trinajstić information content (AvgIpc) is 2.89. The zero-order chi connectivity index (χ0) is 22.6. The maximum Gasteiger partial charge on any atom is 0.253 e. The second-order valence-corrected chi connectivity index (χ2v) is 9.67. The van der Waals surface area contributed by atoms with Gasteiger partial charge in [-0.25, -0.2) is 0 Å². The van der Waals surface area contributed by atoms with Gasteiger partial charge < -0.3 is 19.8 Å². The van der Waals surface area contributed by atoms with Gasteiger partial charge in [-0.2, -0.15) is 0 Å². The van der Waals surface area contributed by atoms with Gasteiger partial charge in [0.2, 0.25) is 0 Å². The van der Waals surface area contributed by atoms with Crippen molar-refractivity contribution in [1.82, 2.24) is 9.80 Å². The van der Waals surface area contributed by atoms with Crippen LogP contribution in [0.4, 0.5) is 11.4 Å². The van der Waals surface area contributed by atoms with E-state index in [1.807, 2.05) is 12.1 Å². The number of aliphatic hydroxyl groups is 1. The highest BCUT2D eigenvalue weighted by Gasteiger charge is 2.28. The molecule has 0 bridgehead atoms. The smallest absolute Gasteiger partial charge is 0.253 e. The van der Waals surface area contributed by atoms with E-state index in [1.165, 1.54) is 24.2 Å². The largest absolute Gasteiger partial charge is 0.391 e. The van der Waals surface area contributed by atoms with Crippen molar-refractivity contribution in [1.29, 1.82) is 0 Å². The van der Waals surface area contributed by atoms with Gasteiger partial charge in [0.25, 0.3) is 5.91 Å². The summed E-state index contributed by atoms with van der Waals surface area (Å²) in [6, 6.07) is 19.5. The van der Waals surface area contributed by atoms with E-state index >= 15 is 0 Å². The van der Waals surface area contributed by atoms with Crippen molar-refractivity contribution in [3.63, 3.8) is 0 Å². The van der Waals surface area contributed by atoms with E-state index in [1.54, 1.807) is 4.90 Å². The van der Waals surface area contributed by atoms with Crippen molar-refractivity contribution in [3.05, 3.63) is 60.2 Å². The van der Waals surface area contributed by atoms with E-state index in [4.69, 9.17) is 0 Å². The summed E-state index contributed by atoms with van der Waals surface area (Å²) < 4.78 is 0. The molecule has 33 heavy (non-hydrogen) atoms. The van der Waals surface area contributed by atoms with E-state index in [9.17, 15) is 9.90 Å². The molecule has 0 aliphatic carbocycles. The number of β-amino-alcohol motifs (C(OH)–C–C–N with tert-alkyl or cyclic N) is 1. The van der Waals surface area contributed by atoms with Crippen molar-refractivity contribution in [2.45, 2.75) is 37.8 Å². The maximum atomic E-state index is 12.8. The molecule has 0 aromatic heterocycles. The lowest BCUT2D eigenvalue weighted by Crippen LogP contribution is -2.53. The summed E-state index contributed by atoms with van der Waals surface area (Å²) in [6.07, 6.45) is 3.67. The highest BCUT2D eigenvalue weighted by molar-refractivity contribution is 5.94. The number of piperazine rings is 1. The molecule has 3 heterocycles. The lowest BCUT2D eigenvalue weighted by molar-refractivity contribution is 0.0474. The number of carbonyl (C=O) groups excluding carboxylic acids is 1. The third kappa shape index (κ3) is 5.17. The second-order valence-electron chi connectivity index (χ2n) is 9.67. The van der Waals surface area contributed by atoms with Crippen molar-refractivity contribution in [2.75, 3.05) is 62.2 Å². The van der Waals surface area contributed by atoms with Crippen molar-refractivity contribution >= 4 is 17.3 Å². The molecule has 3 fully saturated rings. The van der Waals surface area contributed by atoms with Crippen molar-refractivity contribution < 1.29 is 9.90 Å². The summed E-state index contributed by atoms with van der Waals surface area (Å²) in [6.45, 7) is 7.81. The Hall–Kier alpha value is -2.57. The first-order valence-corrected chi connectivity index (χ1v) is 12.5. The van der Waals surface area contributed by atoms with Gasteiger partial charge in [-0.3, -0.25) is 9.69 Å². The molecular weight excluding hydrogens is 412 g/mol. The molecule has 1 N–H and O–H groups in total. The molecule has 176 valence electrons. The number of piperidine rings is 2. The van der Waals surface area contributed by atoms with E-state index < -0.39 is 0 Å². The molecule has 1 amide bonds. The molecule has 2 aromatic carbocycles. The van der Waals surface area contributed by atoms with Crippen LogP contribution >= 0.6 is 0 Å². The minimum absolute atomic E-state index is 0.0358. The highest BCUT2D eigenvalue weighted by Crippen LogP contribution is 2.25. The molecule has 3 aliphatic rings. The number of aliphatic hydroxyl groups excluding tert-OH is 1. The van der Waals surface area contributed by atoms with Crippen LogP contribution in [0.1, 0.15) is 36.0 Å². The van der Waals surface area contributed by atoms with Crippen molar-refractivity contribution in [3.8, 4) is 0 Å². The van der Waals surface area contributed by atoms with Gasteiger partial charge in [-0.05, 0) is 62.1 Å². The molecular formula is C27H36N4O2. The monoisotopic (exact) mass is 448 g/mol. The molecule has 3 aliphatic heterocycles. The standard InChI is InChI=1S/C27H36N4O2/c32-26-7-4-14-31(21-26)27(33)22-8-10-24(11-9-22)28-15-12-25(13-16-28)30-19-17-29(18-20-30)23-5-2-1-3-6-23/h1-3,5-6,8-11,25-26,32H,4,7,12-21H2/t26-/m1/s1. The Morgan fingerprint density at radius 3 is 2.03 bits per heavy atom. The lowest BCUT2D eigenvalue weighted by Gasteiger charge is -2.43. The van der Waals surface area contributed by atoms with Crippen LogP contribution < -0.4 is 9.80 Å². The topological polar surface area (TPSA) is 50.3 Å². The average molecular weight is 449 g/mol.